The zero-order chi connectivity index (χ0) is 21.0. The molecule has 3 N–H and O–H groups in total. The van der Waals surface area contributed by atoms with Crippen molar-refractivity contribution in [3.8, 4) is 11.6 Å². The van der Waals surface area contributed by atoms with E-state index in [1.165, 1.54) is 6.33 Å². The van der Waals surface area contributed by atoms with E-state index in [-0.39, 0.29) is 24.3 Å². The molecule has 29 heavy (non-hydrogen) atoms. The first-order valence-corrected chi connectivity index (χ1v) is 9.21. The van der Waals surface area contributed by atoms with Crippen molar-refractivity contribution in [1.82, 2.24) is 9.97 Å². The molecule has 1 aromatic heterocycles. The van der Waals surface area contributed by atoms with Crippen LogP contribution in [-0.4, -0.2) is 35.9 Å². The lowest BCUT2D eigenvalue weighted by Gasteiger charge is -2.30. The summed E-state index contributed by atoms with van der Waals surface area (Å²) in [6.45, 7) is 5.64. The molecular weight excluding hydrogens is 376 g/mol. The van der Waals surface area contributed by atoms with Gasteiger partial charge in [0.05, 0.1) is 31.3 Å². The predicted octanol–water partition coefficient (Wildman–Crippen LogP) is 3.13. The number of rotatable bonds is 6. The molecule has 0 radical (unpaired) electrons. The van der Waals surface area contributed by atoms with Gasteiger partial charge in [0.25, 0.3) is 0 Å². The Balaban J connectivity index is 2.21. The van der Waals surface area contributed by atoms with Crippen molar-refractivity contribution >= 4 is 12.0 Å². The summed E-state index contributed by atoms with van der Waals surface area (Å²) in [5.74, 6) is 1.04. The van der Waals surface area contributed by atoms with Gasteiger partial charge in [-0.3, -0.25) is 0 Å². The first kappa shape index (κ1) is 20.2. The number of aromatic nitrogens is 2. The normalized spacial score (nSPS) is 15.4. The summed E-state index contributed by atoms with van der Waals surface area (Å²) in [6, 6.07) is 7.36. The van der Waals surface area contributed by atoms with Crippen LogP contribution in [0.25, 0.3) is 0 Å². The number of nitrogens with two attached hydrogens (primary N) is 1. The average molecular weight is 400 g/mol. The van der Waals surface area contributed by atoms with Gasteiger partial charge in [0.1, 0.15) is 23.7 Å². The molecule has 1 aliphatic rings. The molecule has 2 heterocycles. The molecule has 0 saturated carbocycles. The highest BCUT2D eigenvalue weighted by atomic mass is 16.7. The molecule has 9 heteroatoms. The Hall–Kier alpha value is -3.49. The van der Waals surface area contributed by atoms with Crippen LogP contribution in [0.1, 0.15) is 37.8 Å². The van der Waals surface area contributed by atoms with Gasteiger partial charge < -0.3 is 30.0 Å². The van der Waals surface area contributed by atoms with Gasteiger partial charge in [-0.25, -0.2) is 14.8 Å². The fourth-order valence-corrected chi connectivity index (χ4v) is 3.08. The van der Waals surface area contributed by atoms with Crippen molar-refractivity contribution in [2.24, 2.45) is 5.73 Å². The summed E-state index contributed by atoms with van der Waals surface area (Å²) in [7, 11) is 1.56. The second-order valence-electron chi connectivity index (χ2n) is 6.47. The van der Waals surface area contributed by atoms with Crippen LogP contribution < -0.4 is 20.5 Å². The Bertz CT molecular complexity index is 929. The smallest absolute Gasteiger partial charge is 0.496 e. The maximum atomic E-state index is 12.1. The minimum atomic E-state index is -0.862. The van der Waals surface area contributed by atoms with Gasteiger partial charge in [0, 0.05) is 5.56 Å². The van der Waals surface area contributed by atoms with Crippen LogP contribution in [0.4, 0.5) is 10.6 Å². The molecule has 2 aromatic rings. The lowest BCUT2D eigenvalue weighted by Crippen LogP contribution is -2.28. The number of carbonyl (C=O) groups is 1. The Kier molecular flexibility index (Phi) is 6.06. The first-order valence-electron chi connectivity index (χ1n) is 9.21. The zero-order valence-electron chi connectivity index (χ0n) is 16.8. The van der Waals surface area contributed by atoms with Crippen LogP contribution in [0.5, 0.6) is 11.6 Å². The van der Waals surface area contributed by atoms with E-state index >= 15 is 0 Å². The summed E-state index contributed by atoms with van der Waals surface area (Å²) in [5, 5.41) is 2.96. The van der Waals surface area contributed by atoms with Gasteiger partial charge in [-0.05, 0) is 26.8 Å². The van der Waals surface area contributed by atoms with Crippen molar-refractivity contribution < 1.29 is 23.7 Å². The monoisotopic (exact) mass is 400 g/mol. The van der Waals surface area contributed by atoms with Crippen LogP contribution in [0.2, 0.25) is 0 Å². The van der Waals surface area contributed by atoms with E-state index in [9.17, 15) is 4.79 Å². The highest BCUT2D eigenvalue weighted by Gasteiger charge is 2.38. The van der Waals surface area contributed by atoms with E-state index in [0.29, 0.717) is 28.6 Å². The van der Waals surface area contributed by atoms with Crippen LogP contribution >= 0.6 is 0 Å². The van der Waals surface area contributed by atoms with E-state index in [4.69, 9.17) is 24.7 Å². The summed E-state index contributed by atoms with van der Waals surface area (Å²) in [6.07, 6.45) is 0.386. The van der Waals surface area contributed by atoms with E-state index in [1.54, 1.807) is 14.0 Å². The third kappa shape index (κ3) is 4.18. The van der Waals surface area contributed by atoms with Crippen LogP contribution in [-0.2, 0) is 9.47 Å². The number of carbonyl (C=O) groups excluding carboxylic acids is 1. The maximum absolute atomic E-state index is 12.1. The minimum absolute atomic E-state index is 0.134. The molecule has 154 valence electrons. The molecule has 1 aliphatic heterocycles. The third-order valence-electron chi connectivity index (χ3n) is 4.17. The highest BCUT2D eigenvalue weighted by molar-refractivity contribution is 5.68. The second kappa shape index (κ2) is 8.68. The molecule has 1 atom stereocenters. The number of methoxy groups -OCH3 is 1. The average Bonchev–Trinajstić information content (AvgIpc) is 2.68. The number of para-hydroxylation sites is 1. The standard InChI is InChI=1S/C20H24N4O5/c1-5-27-20(25)29-16-14(12-8-6-7-9-13(12)26-4)15-18(24-17(16)21)22-10-23-19(15)28-11(2)3/h6-11,14H,5,21H2,1-4H3,(H,22,23,24). The van der Waals surface area contributed by atoms with E-state index in [0.717, 1.165) is 0 Å². The van der Waals surface area contributed by atoms with Gasteiger partial charge in [-0.1, -0.05) is 18.2 Å². The molecule has 1 unspecified atom stereocenters. The van der Waals surface area contributed by atoms with Crippen LogP contribution in [0.3, 0.4) is 0 Å². The van der Waals surface area contributed by atoms with E-state index in [2.05, 4.69) is 15.3 Å². The Morgan fingerprint density at radius 1 is 1.28 bits per heavy atom. The Morgan fingerprint density at radius 3 is 2.72 bits per heavy atom. The van der Waals surface area contributed by atoms with Crippen LogP contribution in [0.15, 0.2) is 42.2 Å². The largest absolute Gasteiger partial charge is 0.513 e. The third-order valence-corrected chi connectivity index (χ3v) is 4.17. The quantitative estimate of drug-likeness (QED) is 0.705. The number of fused-ring (bicyclic) bond motifs is 1. The lowest BCUT2D eigenvalue weighted by molar-refractivity contribution is 0.0773. The number of allylic oxidation sites excluding steroid dienone is 1. The lowest BCUT2D eigenvalue weighted by atomic mass is 9.87. The molecule has 3 rings (SSSR count). The van der Waals surface area contributed by atoms with Gasteiger partial charge >= 0.3 is 6.16 Å². The number of benzene rings is 1. The summed E-state index contributed by atoms with van der Waals surface area (Å²) in [5.41, 5.74) is 7.50. The van der Waals surface area contributed by atoms with Crippen molar-refractivity contribution in [3.05, 3.63) is 53.3 Å². The molecule has 0 aliphatic carbocycles. The van der Waals surface area contributed by atoms with E-state index in [1.807, 2.05) is 38.1 Å². The molecule has 0 saturated heterocycles. The summed E-state index contributed by atoms with van der Waals surface area (Å²) >= 11 is 0. The van der Waals surface area contributed by atoms with Gasteiger partial charge in [0.2, 0.25) is 5.88 Å². The first-order chi connectivity index (χ1) is 14.0. The van der Waals surface area contributed by atoms with Crippen LogP contribution in [0, 0.1) is 0 Å². The molecular formula is C20H24N4O5. The molecule has 9 nitrogen and oxygen atoms in total. The fraction of sp³-hybridized carbons (Fsp3) is 0.350. The number of hydrogen-bond donors (Lipinski definition) is 2. The number of nitrogens with zero attached hydrogens (tertiary/aromatic N) is 2. The second-order valence-corrected chi connectivity index (χ2v) is 6.47. The minimum Gasteiger partial charge on any atom is -0.496 e. The molecule has 1 aromatic carbocycles. The predicted molar refractivity (Wildman–Crippen MR) is 106 cm³/mol. The number of nitrogens with one attached hydrogen (secondary N) is 1. The molecule has 0 fully saturated rings. The number of anilines is 1. The van der Waals surface area contributed by atoms with Gasteiger partial charge in [0.15, 0.2) is 5.76 Å². The number of hydrogen-bond acceptors (Lipinski definition) is 9. The summed E-state index contributed by atoms with van der Waals surface area (Å²) < 4.78 is 21.9. The van der Waals surface area contributed by atoms with Crippen molar-refractivity contribution in [2.45, 2.75) is 32.8 Å². The van der Waals surface area contributed by atoms with Crippen molar-refractivity contribution in [1.29, 1.82) is 0 Å². The SMILES string of the molecule is CCOC(=O)OC1=C(N)Nc2ncnc(OC(C)C)c2C1c1ccccc1OC. The van der Waals surface area contributed by atoms with Gasteiger partial charge in [-0.15, -0.1) is 0 Å². The van der Waals surface area contributed by atoms with Crippen molar-refractivity contribution in [2.75, 3.05) is 19.0 Å². The number of ether oxygens (including phenoxy) is 4. The molecule has 0 spiro atoms. The van der Waals surface area contributed by atoms with Gasteiger partial charge in [-0.2, -0.15) is 0 Å². The molecule has 0 bridgehead atoms. The maximum Gasteiger partial charge on any atom is 0.513 e. The molecule has 0 amide bonds. The summed E-state index contributed by atoms with van der Waals surface area (Å²) in [4.78, 5) is 20.7. The zero-order valence-corrected chi connectivity index (χ0v) is 16.8. The van der Waals surface area contributed by atoms with E-state index < -0.39 is 12.1 Å². The van der Waals surface area contributed by atoms with Crippen molar-refractivity contribution in [3.63, 3.8) is 0 Å². The fourth-order valence-electron chi connectivity index (χ4n) is 3.08. The Labute approximate surface area is 168 Å². The highest BCUT2D eigenvalue weighted by Crippen LogP contribution is 2.46. The topological polar surface area (TPSA) is 118 Å². The Morgan fingerprint density at radius 2 is 2.03 bits per heavy atom.